The first kappa shape index (κ1) is 13.0. The quantitative estimate of drug-likeness (QED) is 0.875. The second-order valence-electron chi connectivity index (χ2n) is 5.23. The summed E-state index contributed by atoms with van der Waals surface area (Å²) in [6, 6.07) is 5.90. The molecule has 0 radical (unpaired) electrons. The summed E-state index contributed by atoms with van der Waals surface area (Å²) in [5.41, 5.74) is 1.03. The Morgan fingerprint density at radius 3 is 3.00 bits per heavy atom. The van der Waals surface area contributed by atoms with Crippen molar-refractivity contribution in [1.82, 2.24) is 15.2 Å². The smallest absolute Gasteiger partial charge is 0.237 e. The molecule has 1 aromatic heterocycles. The fourth-order valence-corrected chi connectivity index (χ4v) is 2.35. The molecule has 1 N–H and O–H groups in total. The fourth-order valence-electron chi connectivity index (χ4n) is 2.35. The van der Waals surface area contributed by atoms with Crippen LogP contribution in [0.4, 0.5) is 0 Å². The van der Waals surface area contributed by atoms with Gasteiger partial charge in [-0.2, -0.15) is 0 Å². The molecule has 1 aliphatic heterocycles. The van der Waals surface area contributed by atoms with Gasteiger partial charge < -0.3 is 5.32 Å². The van der Waals surface area contributed by atoms with Crippen molar-refractivity contribution in [3.63, 3.8) is 0 Å². The van der Waals surface area contributed by atoms with E-state index in [4.69, 9.17) is 0 Å². The van der Waals surface area contributed by atoms with E-state index in [2.05, 4.69) is 29.0 Å². The molecule has 4 nitrogen and oxygen atoms in total. The summed E-state index contributed by atoms with van der Waals surface area (Å²) in [6.07, 6.45) is 2.70. The topological polar surface area (TPSA) is 45.2 Å². The maximum absolute atomic E-state index is 12.0. The zero-order valence-corrected chi connectivity index (χ0v) is 11.1. The first-order chi connectivity index (χ1) is 8.66. The number of piperazine rings is 1. The summed E-state index contributed by atoms with van der Waals surface area (Å²) < 4.78 is 0. The van der Waals surface area contributed by atoms with E-state index in [1.54, 1.807) is 6.20 Å². The van der Waals surface area contributed by atoms with Crippen molar-refractivity contribution in [3.8, 4) is 0 Å². The molecule has 1 atom stereocenters. The number of nitrogens with zero attached hydrogens (tertiary/aromatic N) is 2. The molecule has 0 bridgehead atoms. The highest BCUT2D eigenvalue weighted by atomic mass is 16.2. The zero-order valence-electron chi connectivity index (χ0n) is 11.1. The van der Waals surface area contributed by atoms with Gasteiger partial charge in [0.05, 0.1) is 11.7 Å². The molecule has 4 heteroatoms. The van der Waals surface area contributed by atoms with Crippen LogP contribution in [0.1, 0.15) is 26.0 Å². The van der Waals surface area contributed by atoms with Crippen molar-refractivity contribution >= 4 is 5.91 Å². The van der Waals surface area contributed by atoms with Crippen molar-refractivity contribution in [2.45, 2.75) is 32.9 Å². The Kier molecular flexibility index (Phi) is 4.31. The molecule has 0 aliphatic carbocycles. The van der Waals surface area contributed by atoms with Crippen LogP contribution in [0.3, 0.4) is 0 Å². The van der Waals surface area contributed by atoms with Crippen molar-refractivity contribution in [2.75, 3.05) is 13.1 Å². The Morgan fingerprint density at radius 2 is 2.33 bits per heavy atom. The molecule has 2 heterocycles. The number of carbonyl (C=O) groups excluding carboxylic acids is 1. The van der Waals surface area contributed by atoms with Crippen molar-refractivity contribution in [2.24, 2.45) is 5.92 Å². The van der Waals surface area contributed by atoms with Gasteiger partial charge in [-0.15, -0.1) is 0 Å². The largest absolute Gasteiger partial charge is 0.353 e. The van der Waals surface area contributed by atoms with Gasteiger partial charge >= 0.3 is 0 Å². The van der Waals surface area contributed by atoms with E-state index in [-0.39, 0.29) is 11.9 Å². The Balaban J connectivity index is 2.06. The maximum atomic E-state index is 12.0. The van der Waals surface area contributed by atoms with Gasteiger partial charge in [0, 0.05) is 25.8 Å². The van der Waals surface area contributed by atoms with Crippen LogP contribution in [0.15, 0.2) is 24.4 Å². The van der Waals surface area contributed by atoms with E-state index in [0.29, 0.717) is 5.92 Å². The third-order valence-electron chi connectivity index (χ3n) is 3.23. The number of rotatable bonds is 4. The van der Waals surface area contributed by atoms with Crippen LogP contribution >= 0.6 is 0 Å². The van der Waals surface area contributed by atoms with Gasteiger partial charge in [0.2, 0.25) is 5.91 Å². The van der Waals surface area contributed by atoms with Gasteiger partial charge in [-0.3, -0.25) is 14.7 Å². The van der Waals surface area contributed by atoms with E-state index >= 15 is 0 Å². The van der Waals surface area contributed by atoms with E-state index in [0.717, 1.165) is 31.7 Å². The van der Waals surface area contributed by atoms with E-state index < -0.39 is 0 Å². The lowest BCUT2D eigenvalue weighted by atomic mass is 10.00. The van der Waals surface area contributed by atoms with Gasteiger partial charge in [0.15, 0.2) is 0 Å². The Hall–Kier alpha value is -1.42. The first-order valence-electron chi connectivity index (χ1n) is 6.58. The predicted octanol–water partition coefficient (Wildman–Crippen LogP) is 1.43. The van der Waals surface area contributed by atoms with Gasteiger partial charge in [-0.25, -0.2) is 0 Å². The van der Waals surface area contributed by atoms with Crippen LogP contribution in [-0.4, -0.2) is 34.9 Å². The van der Waals surface area contributed by atoms with Crippen molar-refractivity contribution < 1.29 is 4.79 Å². The van der Waals surface area contributed by atoms with Crippen molar-refractivity contribution in [1.29, 1.82) is 0 Å². The SMILES string of the molecule is CC(C)C[C@@H]1C(=O)NCCN1Cc1ccccn1. The molecule has 1 amide bonds. The maximum Gasteiger partial charge on any atom is 0.237 e. The van der Waals surface area contributed by atoms with Crippen LogP contribution in [-0.2, 0) is 11.3 Å². The van der Waals surface area contributed by atoms with Crippen molar-refractivity contribution in [3.05, 3.63) is 30.1 Å². The van der Waals surface area contributed by atoms with Crippen LogP contribution in [0.2, 0.25) is 0 Å². The molecule has 0 spiro atoms. The van der Waals surface area contributed by atoms with E-state index in [1.807, 2.05) is 18.2 Å². The number of aromatic nitrogens is 1. The third kappa shape index (κ3) is 3.29. The minimum absolute atomic E-state index is 0.0132. The normalized spacial score (nSPS) is 21.1. The molecular formula is C14H21N3O. The molecule has 0 saturated carbocycles. The molecule has 18 heavy (non-hydrogen) atoms. The number of nitrogens with one attached hydrogen (secondary N) is 1. The van der Waals surface area contributed by atoms with Gasteiger partial charge in [0.25, 0.3) is 0 Å². The summed E-state index contributed by atoms with van der Waals surface area (Å²) >= 11 is 0. The molecule has 1 fully saturated rings. The van der Waals surface area contributed by atoms with Gasteiger partial charge in [-0.05, 0) is 24.5 Å². The number of carbonyl (C=O) groups is 1. The Morgan fingerprint density at radius 1 is 1.50 bits per heavy atom. The molecule has 1 aliphatic rings. The molecular weight excluding hydrogens is 226 g/mol. The lowest BCUT2D eigenvalue weighted by Gasteiger charge is -2.35. The third-order valence-corrected chi connectivity index (χ3v) is 3.23. The number of pyridine rings is 1. The monoisotopic (exact) mass is 247 g/mol. The molecule has 98 valence electrons. The Bertz CT molecular complexity index is 391. The average Bonchev–Trinajstić information content (AvgIpc) is 2.34. The summed E-state index contributed by atoms with van der Waals surface area (Å²) in [5, 5.41) is 2.95. The summed E-state index contributed by atoms with van der Waals surface area (Å²) in [7, 11) is 0. The Labute approximate surface area is 108 Å². The molecule has 0 unspecified atom stereocenters. The molecule has 0 aromatic carbocycles. The highest BCUT2D eigenvalue weighted by molar-refractivity contribution is 5.82. The molecule has 1 saturated heterocycles. The summed E-state index contributed by atoms with van der Waals surface area (Å²) in [4.78, 5) is 18.5. The van der Waals surface area contributed by atoms with Crippen LogP contribution in [0.5, 0.6) is 0 Å². The van der Waals surface area contributed by atoms with Crippen LogP contribution in [0.25, 0.3) is 0 Å². The van der Waals surface area contributed by atoms with Crippen LogP contribution < -0.4 is 5.32 Å². The predicted molar refractivity (Wildman–Crippen MR) is 70.9 cm³/mol. The fraction of sp³-hybridized carbons (Fsp3) is 0.571. The highest BCUT2D eigenvalue weighted by Crippen LogP contribution is 2.16. The highest BCUT2D eigenvalue weighted by Gasteiger charge is 2.30. The standard InChI is InChI=1S/C14H21N3O/c1-11(2)9-13-14(18)16-7-8-17(13)10-12-5-3-4-6-15-12/h3-6,11,13H,7-10H2,1-2H3,(H,16,18)/t13-/m1/s1. The lowest BCUT2D eigenvalue weighted by molar-refractivity contribution is -0.130. The average molecular weight is 247 g/mol. The number of hydrogen-bond acceptors (Lipinski definition) is 3. The minimum Gasteiger partial charge on any atom is -0.353 e. The lowest BCUT2D eigenvalue weighted by Crippen LogP contribution is -2.55. The van der Waals surface area contributed by atoms with E-state index in [9.17, 15) is 4.79 Å². The second kappa shape index (κ2) is 5.96. The molecule has 1 aromatic rings. The van der Waals surface area contributed by atoms with Gasteiger partial charge in [-0.1, -0.05) is 19.9 Å². The molecule has 2 rings (SSSR count). The number of amides is 1. The number of hydrogen-bond donors (Lipinski definition) is 1. The van der Waals surface area contributed by atoms with Gasteiger partial charge in [0.1, 0.15) is 0 Å². The summed E-state index contributed by atoms with van der Waals surface area (Å²) in [6.45, 7) is 6.70. The van der Waals surface area contributed by atoms with E-state index in [1.165, 1.54) is 0 Å². The van der Waals surface area contributed by atoms with Crippen LogP contribution in [0, 0.1) is 5.92 Å². The second-order valence-corrected chi connectivity index (χ2v) is 5.23. The minimum atomic E-state index is -0.0132. The summed E-state index contributed by atoms with van der Waals surface area (Å²) in [5.74, 6) is 0.677. The zero-order chi connectivity index (χ0) is 13.0. The first-order valence-corrected chi connectivity index (χ1v) is 6.58.